The van der Waals surface area contributed by atoms with Crippen molar-refractivity contribution in [1.82, 2.24) is 9.88 Å². The average molecular weight is 401 g/mol. The van der Waals surface area contributed by atoms with Gasteiger partial charge >= 0.3 is 0 Å². The minimum absolute atomic E-state index is 1.00. The Balaban J connectivity index is 1.40. The van der Waals surface area contributed by atoms with E-state index in [0.29, 0.717) is 0 Å². The van der Waals surface area contributed by atoms with Crippen molar-refractivity contribution in [3.8, 4) is 11.1 Å². The molecule has 0 radical (unpaired) electrons. The highest BCUT2D eigenvalue weighted by Crippen LogP contribution is 2.31. The van der Waals surface area contributed by atoms with Crippen molar-refractivity contribution in [3.63, 3.8) is 0 Å². The van der Waals surface area contributed by atoms with Gasteiger partial charge in [-0.2, -0.15) is 11.3 Å². The first-order chi connectivity index (χ1) is 14.3. The summed E-state index contributed by atoms with van der Waals surface area (Å²) in [6.45, 7) is 4.41. The van der Waals surface area contributed by atoms with Crippen LogP contribution < -0.4 is 10.2 Å². The van der Waals surface area contributed by atoms with Crippen molar-refractivity contribution in [2.75, 3.05) is 43.4 Å². The van der Waals surface area contributed by atoms with E-state index >= 15 is 0 Å². The molecule has 5 heteroatoms. The number of thiophene rings is 1. The number of piperazine rings is 1. The van der Waals surface area contributed by atoms with Crippen molar-refractivity contribution >= 4 is 39.3 Å². The van der Waals surface area contributed by atoms with Gasteiger partial charge in [-0.05, 0) is 77.5 Å². The van der Waals surface area contributed by atoms with Crippen LogP contribution in [-0.2, 0) is 0 Å². The molecule has 5 rings (SSSR count). The molecule has 1 saturated heterocycles. The normalized spacial score (nSPS) is 15.0. The van der Waals surface area contributed by atoms with Crippen molar-refractivity contribution < 1.29 is 0 Å². The number of pyridine rings is 1. The van der Waals surface area contributed by atoms with E-state index in [0.717, 1.165) is 48.5 Å². The fourth-order valence-corrected chi connectivity index (χ4v) is 4.50. The molecule has 1 aliphatic heterocycles. The third-order valence-electron chi connectivity index (χ3n) is 5.61. The molecule has 29 heavy (non-hydrogen) atoms. The van der Waals surface area contributed by atoms with Crippen LogP contribution in [-0.4, -0.2) is 43.1 Å². The maximum absolute atomic E-state index is 4.54. The summed E-state index contributed by atoms with van der Waals surface area (Å²) in [6, 6.07) is 19.5. The van der Waals surface area contributed by atoms with E-state index in [2.05, 4.69) is 86.4 Å². The topological polar surface area (TPSA) is 31.4 Å². The Labute approximate surface area is 175 Å². The van der Waals surface area contributed by atoms with Crippen LogP contribution in [0.2, 0.25) is 0 Å². The Bertz CT molecular complexity index is 1100. The standard InChI is InChI=1S/C24H24N4S/c1-27-11-13-28(14-12-27)21-5-3-20(4-6-21)26-24-8-10-25-23-7-2-18(16-22(23)24)19-9-15-29-17-19/h2-10,15-17H,11-14H2,1H3,(H,25,26). The number of nitrogens with zero attached hydrogens (tertiary/aromatic N) is 3. The summed E-state index contributed by atoms with van der Waals surface area (Å²) in [5.74, 6) is 0. The molecule has 146 valence electrons. The van der Waals surface area contributed by atoms with Crippen LogP contribution >= 0.6 is 11.3 Å². The molecule has 0 saturated carbocycles. The van der Waals surface area contributed by atoms with Crippen LogP contribution in [0.25, 0.3) is 22.0 Å². The third kappa shape index (κ3) is 3.84. The number of likely N-dealkylation sites (N-methyl/N-ethyl adjacent to an activating group) is 1. The van der Waals surface area contributed by atoms with Gasteiger partial charge < -0.3 is 15.1 Å². The van der Waals surface area contributed by atoms with E-state index in [9.17, 15) is 0 Å². The average Bonchev–Trinajstić information content (AvgIpc) is 3.30. The van der Waals surface area contributed by atoms with Crippen LogP contribution in [0.3, 0.4) is 0 Å². The summed E-state index contributed by atoms with van der Waals surface area (Å²) in [5, 5.41) is 9.03. The number of rotatable bonds is 4. The highest BCUT2D eigenvalue weighted by molar-refractivity contribution is 7.08. The Morgan fingerprint density at radius 1 is 0.897 bits per heavy atom. The second-order valence-corrected chi connectivity index (χ2v) is 8.34. The lowest BCUT2D eigenvalue weighted by Gasteiger charge is -2.34. The Hall–Kier alpha value is -2.89. The Morgan fingerprint density at radius 2 is 1.72 bits per heavy atom. The molecule has 0 atom stereocenters. The largest absolute Gasteiger partial charge is 0.369 e. The van der Waals surface area contributed by atoms with Gasteiger partial charge in [-0.25, -0.2) is 0 Å². The van der Waals surface area contributed by atoms with Crippen LogP contribution in [0.4, 0.5) is 17.1 Å². The number of anilines is 3. The predicted molar refractivity (Wildman–Crippen MR) is 124 cm³/mol. The van der Waals surface area contributed by atoms with Gasteiger partial charge in [0.1, 0.15) is 0 Å². The maximum atomic E-state index is 4.54. The van der Waals surface area contributed by atoms with Gasteiger partial charge in [-0.3, -0.25) is 4.98 Å². The van der Waals surface area contributed by atoms with Crippen LogP contribution in [0.5, 0.6) is 0 Å². The number of fused-ring (bicyclic) bond motifs is 1. The first-order valence-electron chi connectivity index (χ1n) is 9.98. The fourth-order valence-electron chi connectivity index (χ4n) is 3.84. The van der Waals surface area contributed by atoms with Crippen LogP contribution in [0.1, 0.15) is 0 Å². The van der Waals surface area contributed by atoms with Crippen molar-refractivity contribution in [1.29, 1.82) is 0 Å². The van der Waals surface area contributed by atoms with Crippen molar-refractivity contribution in [2.45, 2.75) is 0 Å². The van der Waals surface area contributed by atoms with Crippen LogP contribution in [0, 0.1) is 0 Å². The quantitative estimate of drug-likeness (QED) is 0.493. The van der Waals surface area contributed by atoms with E-state index in [1.807, 2.05) is 12.3 Å². The van der Waals surface area contributed by atoms with Gasteiger partial charge in [0, 0.05) is 54.8 Å². The molecule has 3 heterocycles. The Morgan fingerprint density at radius 3 is 2.48 bits per heavy atom. The first kappa shape index (κ1) is 18.2. The number of benzene rings is 2. The number of hydrogen-bond donors (Lipinski definition) is 1. The molecule has 2 aromatic carbocycles. The van der Waals surface area contributed by atoms with E-state index in [1.54, 1.807) is 11.3 Å². The summed E-state index contributed by atoms with van der Waals surface area (Å²) < 4.78 is 0. The summed E-state index contributed by atoms with van der Waals surface area (Å²) in [4.78, 5) is 9.38. The summed E-state index contributed by atoms with van der Waals surface area (Å²) in [5.41, 5.74) is 6.95. The molecular weight excluding hydrogens is 376 g/mol. The second-order valence-electron chi connectivity index (χ2n) is 7.56. The molecule has 1 fully saturated rings. The molecule has 4 aromatic rings. The van der Waals surface area contributed by atoms with E-state index in [4.69, 9.17) is 0 Å². The molecular formula is C24H24N4S. The monoisotopic (exact) mass is 400 g/mol. The number of aromatic nitrogens is 1. The maximum Gasteiger partial charge on any atom is 0.0723 e. The SMILES string of the molecule is CN1CCN(c2ccc(Nc3ccnc4ccc(-c5ccsc5)cc34)cc2)CC1. The van der Waals surface area contributed by atoms with Gasteiger partial charge in [-0.15, -0.1) is 0 Å². The first-order valence-corrected chi connectivity index (χ1v) is 10.9. The van der Waals surface area contributed by atoms with Gasteiger partial charge in [-0.1, -0.05) is 6.07 Å². The highest BCUT2D eigenvalue weighted by Gasteiger charge is 2.14. The zero-order valence-electron chi connectivity index (χ0n) is 16.5. The van der Waals surface area contributed by atoms with Gasteiger partial charge in [0.15, 0.2) is 0 Å². The number of nitrogens with one attached hydrogen (secondary N) is 1. The minimum atomic E-state index is 1.00. The smallest absolute Gasteiger partial charge is 0.0723 e. The van der Waals surface area contributed by atoms with Crippen LogP contribution in [0.15, 0.2) is 71.6 Å². The second kappa shape index (κ2) is 7.85. The lowest BCUT2D eigenvalue weighted by Crippen LogP contribution is -2.44. The molecule has 0 unspecified atom stereocenters. The molecule has 0 aliphatic carbocycles. The summed E-state index contributed by atoms with van der Waals surface area (Å²) in [7, 11) is 2.19. The predicted octanol–water partition coefficient (Wildman–Crippen LogP) is 5.46. The lowest BCUT2D eigenvalue weighted by molar-refractivity contribution is 0.313. The van der Waals surface area contributed by atoms with Gasteiger partial charge in [0.2, 0.25) is 0 Å². The van der Waals surface area contributed by atoms with E-state index < -0.39 is 0 Å². The van der Waals surface area contributed by atoms with Crippen molar-refractivity contribution in [2.24, 2.45) is 0 Å². The van der Waals surface area contributed by atoms with E-state index in [1.165, 1.54) is 16.8 Å². The zero-order chi connectivity index (χ0) is 19.6. The zero-order valence-corrected chi connectivity index (χ0v) is 17.3. The summed E-state index contributed by atoms with van der Waals surface area (Å²) >= 11 is 1.72. The lowest BCUT2D eigenvalue weighted by atomic mass is 10.1. The minimum Gasteiger partial charge on any atom is -0.369 e. The molecule has 0 spiro atoms. The molecule has 0 amide bonds. The summed E-state index contributed by atoms with van der Waals surface area (Å²) in [6.07, 6.45) is 1.87. The molecule has 2 aromatic heterocycles. The Kier molecular flexibility index (Phi) is 4.92. The fraction of sp³-hybridized carbons (Fsp3) is 0.208. The molecule has 4 nitrogen and oxygen atoms in total. The van der Waals surface area contributed by atoms with Gasteiger partial charge in [0.05, 0.1) is 5.52 Å². The molecule has 1 N–H and O–H groups in total. The molecule has 0 bridgehead atoms. The highest BCUT2D eigenvalue weighted by atomic mass is 32.1. The van der Waals surface area contributed by atoms with Gasteiger partial charge in [0.25, 0.3) is 0 Å². The van der Waals surface area contributed by atoms with Crippen molar-refractivity contribution in [3.05, 3.63) is 71.6 Å². The van der Waals surface area contributed by atoms with E-state index in [-0.39, 0.29) is 0 Å². The number of hydrogen-bond acceptors (Lipinski definition) is 5. The molecule has 1 aliphatic rings. The third-order valence-corrected chi connectivity index (χ3v) is 6.29.